The van der Waals surface area contributed by atoms with Crippen LogP contribution in [0.2, 0.25) is 0 Å². The molecule has 0 heterocycles. The molecule has 0 bridgehead atoms. The van der Waals surface area contributed by atoms with Crippen LogP contribution >= 0.6 is 0 Å². The number of primary amides is 2. The molecule has 0 aromatic carbocycles. The van der Waals surface area contributed by atoms with Gasteiger partial charge in [0.25, 0.3) is 0 Å². The van der Waals surface area contributed by atoms with E-state index < -0.39 is 72.7 Å². The van der Waals surface area contributed by atoms with Crippen LogP contribution in [0.3, 0.4) is 0 Å². The quantitative estimate of drug-likeness (QED) is 0.128. The highest BCUT2D eigenvalue weighted by Crippen LogP contribution is 2.03. The molecule has 0 rings (SSSR count). The van der Waals surface area contributed by atoms with E-state index in [0.717, 1.165) is 0 Å². The summed E-state index contributed by atoms with van der Waals surface area (Å²) in [4.78, 5) is 70.2. The van der Waals surface area contributed by atoms with Gasteiger partial charge in [0, 0.05) is 6.42 Å². The Morgan fingerprint density at radius 3 is 1.71 bits per heavy atom. The van der Waals surface area contributed by atoms with Crippen molar-refractivity contribution in [3.05, 3.63) is 0 Å². The zero-order valence-electron chi connectivity index (χ0n) is 17.3. The predicted molar refractivity (Wildman–Crippen MR) is 106 cm³/mol. The largest absolute Gasteiger partial charge is 0.480 e. The first-order valence-electron chi connectivity index (χ1n) is 9.37. The van der Waals surface area contributed by atoms with Gasteiger partial charge in [-0.15, -0.1) is 0 Å². The SMILES string of the molecule is CC(C)C(N)C(=O)NC(CO)C(=O)NC(CCC(N)=O)C(=O)NC(CC(N)=O)C(=O)O. The first kappa shape index (κ1) is 27.7. The Balaban J connectivity index is 5.38. The Hall–Kier alpha value is -3.26. The van der Waals surface area contributed by atoms with Crippen molar-refractivity contribution in [3.8, 4) is 0 Å². The van der Waals surface area contributed by atoms with E-state index in [-0.39, 0.29) is 18.8 Å². The Kier molecular flexibility index (Phi) is 11.7. The third kappa shape index (κ3) is 10.4. The minimum atomic E-state index is -1.67. The Labute approximate surface area is 178 Å². The third-order valence-electron chi connectivity index (χ3n) is 4.17. The number of amides is 5. The lowest BCUT2D eigenvalue weighted by Gasteiger charge is -2.24. The van der Waals surface area contributed by atoms with Crippen molar-refractivity contribution in [1.82, 2.24) is 16.0 Å². The van der Waals surface area contributed by atoms with Crippen LogP contribution in [0.25, 0.3) is 0 Å². The molecule has 31 heavy (non-hydrogen) atoms. The Morgan fingerprint density at radius 2 is 1.29 bits per heavy atom. The molecule has 11 N–H and O–H groups in total. The molecule has 4 unspecified atom stereocenters. The highest BCUT2D eigenvalue weighted by Gasteiger charge is 2.31. The normalized spacial score (nSPS) is 14.6. The van der Waals surface area contributed by atoms with Gasteiger partial charge in [0.1, 0.15) is 18.1 Å². The number of rotatable bonds is 14. The number of nitrogens with one attached hydrogen (secondary N) is 3. The molecule has 0 aromatic rings. The molecule has 0 fully saturated rings. The van der Waals surface area contributed by atoms with E-state index in [0.29, 0.717) is 0 Å². The van der Waals surface area contributed by atoms with Crippen molar-refractivity contribution >= 4 is 35.5 Å². The van der Waals surface area contributed by atoms with Gasteiger partial charge in [-0.3, -0.25) is 24.0 Å². The van der Waals surface area contributed by atoms with Crippen LogP contribution in [0.5, 0.6) is 0 Å². The van der Waals surface area contributed by atoms with E-state index in [1.807, 2.05) is 5.32 Å². The summed E-state index contributed by atoms with van der Waals surface area (Å²) in [6, 6.07) is -5.56. The van der Waals surface area contributed by atoms with Gasteiger partial charge in [0.2, 0.25) is 29.5 Å². The van der Waals surface area contributed by atoms with Crippen molar-refractivity contribution in [2.75, 3.05) is 6.61 Å². The number of carboxylic acid groups (broad SMARTS) is 1. The van der Waals surface area contributed by atoms with Gasteiger partial charge in [-0.25, -0.2) is 4.79 Å². The lowest BCUT2D eigenvalue weighted by atomic mass is 10.0. The van der Waals surface area contributed by atoms with Crippen LogP contribution in [0.15, 0.2) is 0 Å². The summed E-state index contributed by atoms with van der Waals surface area (Å²) in [5, 5.41) is 25.0. The minimum Gasteiger partial charge on any atom is -0.480 e. The highest BCUT2D eigenvalue weighted by atomic mass is 16.4. The smallest absolute Gasteiger partial charge is 0.326 e. The standard InChI is InChI=1S/C17H30N6O8/c1-7(2)13(20)16(29)23-10(6-24)15(28)21-8(3-4-11(18)25)14(27)22-9(17(30)31)5-12(19)26/h7-10,13,24H,3-6,20H2,1-2H3,(H2,18,25)(H2,19,26)(H,21,28)(H,22,27)(H,23,29)(H,30,31). The number of nitrogens with two attached hydrogens (primary N) is 3. The zero-order chi connectivity index (χ0) is 24.3. The van der Waals surface area contributed by atoms with Crippen LogP contribution in [-0.4, -0.2) is 76.5 Å². The third-order valence-corrected chi connectivity index (χ3v) is 4.17. The van der Waals surface area contributed by atoms with Crippen molar-refractivity contribution in [2.45, 2.75) is 57.3 Å². The fourth-order valence-electron chi connectivity index (χ4n) is 2.27. The van der Waals surface area contributed by atoms with E-state index in [2.05, 4.69) is 10.6 Å². The van der Waals surface area contributed by atoms with E-state index >= 15 is 0 Å². The molecule has 0 radical (unpaired) electrons. The monoisotopic (exact) mass is 446 g/mol. The average molecular weight is 446 g/mol. The average Bonchev–Trinajstić information content (AvgIpc) is 2.66. The molecule has 0 aromatic heterocycles. The molecule has 5 amide bonds. The second-order valence-corrected chi connectivity index (χ2v) is 7.15. The highest BCUT2D eigenvalue weighted by molar-refractivity contribution is 5.95. The van der Waals surface area contributed by atoms with Gasteiger partial charge in [0.05, 0.1) is 19.1 Å². The summed E-state index contributed by atoms with van der Waals surface area (Å²) < 4.78 is 0. The second-order valence-electron chi connectivity index (χ2n) is 7.15. The van der Waals surface area contributed by atoms with Crippen LogP contribution in [0.1, 0.15) is 33.1 Å². The number of hydrogen-bond donors (Lipinski definition) is 8. The van der Waals surface area contributed by atoms with E-state index in [1.165, 1.54) is 0 Å². The number of aliphatic carboxylic acids is 1. The van der Waals surface area contributed by atoms with Gasteiger partial charge in [-0.05, 0) is 12.3 Å². The van der Waals surface area contributed by atoms with Crippen molar-refractivity contribution in [2.24, 2.45) is 23.1 Å². The molecule has 0 aliphatic heterocycles. The van der Waals surface area contributed by atoms with Crippen molar-refractivity contribution in [1.29, 1.82) is 0 Å². The van der Waals surface area contributed by atoms with E-state index in [4.69, 9.17) is 22.3 Å². The summed E-state index contributed by atoms with van der Waals surface area (Å²) in [7, 11) is 0. The number of aliphatic hydroxyl groups is 1. The molecule has 0 spiro atoms. The first-order chi connectivity index (χ1) is 14.3. The number of carbonyl (C=O) groups excluding carboxylic acids is 5. The molecule has 4 atom stereocenters. The molecule has 176 valence electrons. The van der Waals surface area contributed by atoms with Crippen LogP contribution in [-0.2, 0) is 28.8 Å². The van der Waals surface area contributed by atoms with Crippen LogP contribution in [0, 0.1) is 5.92 Å². The fraction of sp³-hybridized carbons (Fsp3) is 0.647. The van der Waals surface area contributed by atoms with E-state index in [9.17, 15) is 33.9 Å². The van der Waals surface area contributed by atoms with Gasteiger partial charge >= 0.3 is 5.97 Å². The summed E-state index contributed by atoms with van der Waals surface area (Å²) in [5.74, 6) is -6.33. The summed E-state index contributed by atoms with van der Waals surface area (Å²) in [6.45, 7) is 2.52. The van der Waals surface area contributed by atoms with Crippen LogP contribution < -0.4 is 33.2 Å². The zero-order valence-corrected chi connectivity index (χ0v) is 17.3. The molecular weight excluding hydrogens is 416 g/mol. The number of carboxylic acids is 1. The summed E-state index contributed by atoms with van der Waals surface area (Å²) >= 11 is 0. The maximum atomic E-state index is 12.5. The number of hydrogen-bond acceptors (Lipinski definition) is 8. The predicted octanol–water partition coefficient (Wildman–Crippen LogP) is -4.36. The summed E-state index contributed by atoms with van der Waals surface area (Å²) in [6.07, 6.45) is -1.37. The van der Waals surface area contributed by atoms with Gasteiger partial charge in [-0.1, -0.05) is 13.8 Å². The number of carbonyl (C=O) groups is 6. The van der Waals surface area contributed by atoms with E-state index in [1.54, 1.807) is 13.8 Å². The van der Waals surface area contributed by atoms with Gasteiger partial charge in [-0.2, -0.15) is 0 Å². The lowest BCUT2D eigenvalue weighted by molar-refractivity contribution is -0.144. The minimum absolute atomic E-state index is 0.255. The summed E-state index contributed by atoms with van der Waals surface area (Å²) in [5.41, 5.74) is 15.7. The second kappa shape index (κ2) is 13.1. The Morgan fingerprint density at radius 1 is 0.806 bits per heavy atom. The number of aliphatic hydroxyl groups excluding tert-OH is 1. The van der Waals surface area contributed by atoms with Crippen molar-refractivity contribution < 1.29 is 39.0 Å². The Bertz CT molecular complexity index is 698. The molecule has 14 heteroatoms. The molecule has 0 saturated heterocycles. The first-order valence-corrected chi connectivity index (χ1v) is 9.37. The lowest BCUT2D eigenvalue weighted by Crippen LogP contribution is -2.58. The maximum Gasteiger partial charge on any atom is 0.326 e. The van der Waals surface area contributed by atoms with Gasteiger partial charge in [0.15, 0.2) is 0 Å². The van der Waals surface area contributed by atoms with Crippen LogP contribution in [0.4, 0.5) is 0 Å². The molecule has 0 aliphatic carbocycles. The van der Waals surface area contributed by atoms with Crippen molar-refractivity contribution in [3.63, 3.8) is 0 Å². The molecule has 14 nitrogen and oxygen atoms in total. The molecule has 0 saturated carbocycles. The topological polar surface area (TPSA) is 257 Å². The molecular formula is C17H30N6O8. The van der Waals surface area contributed by atoms with Gasteiger partial charge < -0.3 is 43.4 Å². The maximum absolute atomic E-state index is 12.5. The molecule has 0 aliphatic rings. The fourth-order valence-corrected chi connectivity index (χ4v) is 2.27.